The van der Waals surface area contributed by atoms with Gasteiger partial charge in [-0.05, 0) is 29.0 Å². The van der Waals surface area contributed by atoms with E-state index in [1.54, 1.807) is 24.0 Å². The van der Waals surface area contributed by atoms with E-state index in [4.69, 9.17) is 0 Å². The van der Waals surface area contributed by atoms with Crippen molar-refractivity contribution in [1.29, 1.82) is 0 Å². The van der Waals surface area contributed by atoms with Crippen molar-refractivity contribution in [3.8, 4) is 0 Å². The number of hydrogen-bond acceptors (Lipinski definition) is 4. The van der Waals surface area contributed by atoms with Crippen LogP contribution in [-0.4, -0.2) is 46.3 Å². The smallest absolute Gasteiger partial charge is 0.193 e. The Morgan fingerprint density at radius 1 is 1.27 bits per heavy atom. The van der Waals surface area contributed by atoms with Gasteiger partial charge in [-0.25, -0.2) is 9.67 Å². The van der Waals surface area contributed by atoms with Gasteiger partial charge in [-0.2, -0.15) is 5.10 Å². The lowest BCUT2D eigenvalue weighted by atomic mass is 10.1. The number of rotatable bonds is 7. The number of guanidine groups is 1. The van der Waals surface area contributed by atoms with E-state index in [1.807, 2.05) is 11.7 Å². The molecule has 26 heavy (non-hydrogen) atoms. The third kappa shape index (κ3) is 5.16. The second-order valence-corrected chi connectivity index (χ2v) is 7.10. The normalized spacial score (nSPS) is 11.5. The van der Waals surface area contributed by atoms with Crippen LogP contribution in [0.5, 0.6) is 0 Å². The summed E-state index contributed by atoms with van der Waals surface area (Å²) in [7, 11) is 3.90. The Morgan fingerprint density at radius 2 is 2.15 bits per heavy atom. The van der Waals surface area contributed by atoms with Gasteiger partial charge in [-0.1, -0.05) is 30.3 Å². The molecular weight excluding hydrogens is 344 g/mol. The van der Waals surface area contributed by atoms with Gasteiger partial charge in [0.1, 0.15) is 12.7 Å². The molecule has 0 spiro atoms. The summed E-state index contributed by atoms with van der Waals surface area (Å²) in [5, 5.41) is 9.72. The monoisotopic (exact) mass is 368 g/mol. The van der Waals surface area contributed by atoms with Crippen LogP contribution in [0.2, 0.25) is 0 Å². The minimum Gasteiger partial charge on any atom is -0.352 e. The van der Waals surface area contributed by atoms with Crippen molar-refractivity contribution in [2.45, 2.75) is 19.5 Å². The van der Waals surface area contributed by atoms with E-state index < -0.39 is 0 Å². The highest BCUT2D eigenvalue weighted by Gasteiger charge is 2.07. The van der Waals surface area contributed by atoms with Crippen LogP contribution in [0, 0.1) is 0 Å². The molecule has 0 fully saturated rings. The first-order valence-corrected chi connectivity index (χ1v) is 9.47. The molecule has 2 aromatic heterocycles. The van der Waals surface area contributed by atoms with E-state index in [2.05, 4.69) is 74.1 Å². The summed E-state index contributed by atoms with van der Waals surface area (Å²) in [4.78, 5) is 11.9. The highest BCUT2D eigenvalue weighted by molar-refractivity contribution is 7.09. The predicted molar refractivity (Wildman–Crippen MR) is 106 cm³/mol. The molecule has 7 heteroatoms. The van der Waals surface area contributed by atoms with Crippen LogP contribution in [0.1, 0.15) is 16.0 Å². The summed E-state index contributed by atoms with van der Waals surface area (Å²) in [5.74, 6) is 0.906. The van der Waals surface area contributed by atoms with E-state index >= 15 is 0 Å². The molecule has 0 bridgehead atoms. The van der Waals surface area contributed by atoms with Gasteiger partial charge in [-0.3, -0.25) is 4.99 Å². The van der Waals surface area contributed by atoms with Gasteiger partial charge < -0.3 is 10.2 Å². The van der Waals surface area contributed by atoms with Crippen molar-refractivity contribution in [2.75, 3.05) is 20.6 Å². The fourth-order valence-electron chi connectivity index (χ4n) is 2.74. The molecule has 3 aromatic rings. The van der Waals surface area contributed by atoms with Crippen LogP contribution in [0.15, 0.2) is 59.4 Å². The molecule has 136 valence electrons. The average Bonchev–Trinajstić information content (AvgIpc) is 3.35. The van der Waals surface area contributed by atoms with E-state index in [-0.39, 0.29) is 0 Å². The standard InChI is InChI=1S/C19H24N6S/c1-20-19(24(2)9-8-18-7-4-10-26-18)22-12-16-5-3-6-17(11-16)13-25-15-21-14-23-25/h3-7,10-11,14-15H,8-9,12-13H2,1-2H3,(H,20,22). The summed E-state index contributed by atoms with van der Waals surface area (Å²) < 4.78 is 1.82. The molecule has 0 aliphatic rings. The molecule has 0 aliphatic heterocycles. The van der Waals surface area contributed by atoms with Crippen molar-refractivity contribution >= 4 is 17.3 Å². The zero-order valence-electron chi connectivity index (χ0n) is 15.2. The van der Waals surface area contributed by atoms with Crippen LogP contribution in [0.25, 0.3) is 0 Å². The van der Waals surface area contributed by atoms with Crippen molar-refractivity contribution in [1.82, 2.24) is 25.0 Å². The van der Waals surface area contributed by atoms with Crippen LogP contribution in [0.4, 0.5) is 0 Å². The van der Waals surface area contributed by atoms with Gasteiger partial charge in [0.25, 0.3) is 0 Å². The van der Waals surface area contributed by atoms with Gasteiger partial charge in [0, 0.05) is 32.1 Å². The summed E-state index contributed by atoms with van der Waals surface area (Å²) in [6.07, 6.45) is 4.32. The van der Waals surface area contributed by atoms with Crippen LogP contribution < -0.4 is 5.32 Å². The molecular formula is C19H24N6S. The lowest BCUT2D eigenvalue weighted by Crippen LogP contribution is -2.39. The predicted octanol–water partition coefficient (Wildman–Crippen LogP) is 2.64. The number of benzene rings is 1. The molecule has 6 nitrogen and oxygen atoms in total. The molecule has 1 N–H and O–H groups in total. The first-order valence-electron chi connectivity index (χ1n) is 8.59. The Balaban J connectivity index is 1.53. The summed E-state index contributed by atoms with van der Waals surface area (Å²) in [6.45, 7) is 2.40. The summed E-state index contributed by atoms with van der Waals surface area (Å²) in [6, 6.07) is 12.8. The quantitative estimate of drug-likeness (QED) is 0.514. The number of likely N-dealkylation sites (N-methyl/N-ethyl adjacent to an activating group) is 1. The number of thiophene rings is 1. The molecule has 1 aromatic carbocycles. The lowest BCUT2D eigenvalue weighted by Gasteiger charge is -2.22. The third-order valence-electron chi connectivity index (χ3n) is 4.10. The van der Waals surface area contributed by atoms with Crippen LogP contribution in [0.3, 0.4) is 0 Å². The fourth-order valence-corrected chi connectivity index (χ4v) is 3.44. The highest BCUT2D eigenvalue weighted by atomic mass is 32.1. The second-order valence-electron chi connectivity index (χ2n) is 6.06. The minimum atomic E-state index is 0.725. The molecule has 0 saturated heterocycles. The maximum atomic E-state index is 4.40. The zero-order chi connectivity index (χ0) is 18.2. The van der Waals surface area contributed by atoms with Crippen LogP contribution >= 0.6 is 11.3 Å². The highest BCUT2D eigenvalue weighted by Crippen LogP contribution is 2.10. The van der Waals surface area contributed by atoms with Crippen LogP contribution in [-0.2, 0) is 19.5 Å². The third-order valence-corrected chi connectivity index (χ3v) is 5.04. The SMILES string of the molecule is CN=C(NCc1cccc(Cn2cncn2)c1)N(C)CCc1cccs1. The van der Waals surface area contributed by atoms with Gasteiger partial charge in [0.2, 0.25) is 0 Å². The Kier molecular flexibility index (Phi) is 6.38. The molecule has 3 rings (SSSR count). The topological polar surface area (TPSA) is 58.3 Å². The number of hydrogen-bond donors (Lipinski definition) is 1. The first kappa shape index (κ1) is 18.1. The number of aliphatic imine (C=N–C) groups is 1. The molecule has 2 heterocycles. The Bertz CT molecular complexity index is 810. The van der Waals surface area contributed by atoms with Crippen molar-refractivity contribution in [3.05, 3.63) is 70.4 Å². The van der Waals surface area contributed by atoms with Crippen molar-refractivity contribution in [2.24, 2.45) is 4.99 Å². The van der Waals surface area contributed by atoms with Gasteiger partial charge in [-0.15, -0.1) is 11.3 Å². The second kappa shape index (κ2) is 9.15. The Hall–Kier alpha value is -2.67. The Morgan fingerprint density at radius 3 is 2.88 bits per heavy atom. The fraction of sp³-hybridized carbons (Fsp3) is 0.316. The van der Waals surface area contributed by atoms with E-state index in [0.717, 1.165) is 32.0 Å². The molecule has 0 saturated carbocycles. The van der Waals surface area contributed by atoms with Gasteiger partial charge in [0.15, 0.2) is 5.96 Å². The van der Waals surface area contributed by atoms with E-state index in [0.29, 0.717) is 0 Å². The molecule has 0 unspecified atom stereocenters. The largest absolute Gasteiger partial charge is 0.352 e. The van der Waals surface area contributed by atoms with Gasteiger partial charge in [0.05, 0.1) is 6.54 Å². The van der Waals surface area contributed by atoms with E-state index in [1.165, 1.54) is 16.0 Å². The molecule has 0 atom stereocenters. The average molecular weight is 369 g/mol. The molecule has 0 radical (unpaired) electrons. The number of aromatic nitrogens is 3. The van der Waals surface area contributed by atoms with Crippen molar-refractivity contribution < 1.29 is 0 Å². The van der Waals surface area contributed by atoms with E-state index in [9.17, 15) is 0 Å². The molecule has 0 amide bonds. The summed E-state index contributed by atoms with van der Waals surface area (Å²) in [5.41, 5.74) is 2.42. The lowest BCUT2D eigenvalue weighted by molar-refractivity contribution is 0.486. The molecule has 0 aliphatic carbocycles. The zero-order valence-corrected chi connectivity index (χ0v) is 16.0. The minimum absolute atomic E-state index is 0.725. The Labute approximate surface area is 158 Å². The van der Waals surface area contributed by atoms with Crippen molar-refractivity contribution in [3.63, 3.8) is 0 Å². The number of nitrogens with one attached hydrogen (secondary N) is 1. The first-order chi connectivity index (χ1) is 12.7. The maximum Gasteiger partial charge on any atom is 0.193 e. The van der Waals surface area contributed by atoms with Gasteiger partial charge >= 0.3 is 0 Å². The summed E-state index contributed by atoms with van der Waals surface area (Å²) >= 11 is 1.80. The maximum absolute atomic E-state index is 4.40. The number of nitrogens with zero attached hydrogens (tertiary/aromatic N) is 5.